The SMILES string of the molecule is CC.CN=Cc1cc(-c2oc3c(C(C)Nc4cccnc4C(F)(F)F)cc(C)cc3c(=O)c2C)ccc1N. The molecule has 6 nitrogen and oxygen atoms in total. The van der Waals surface area contributed by atoms with Crippen molar-refractivity contribution in [2.45, 2.75) is 46.8 Å². The molecule has 9 heteroatoms. The first-order valence-electron chi connectivity index (χ1n) is 12.2. The third-order valence-corrected chi connectivity index (χ3v) is 5.92. The predicted octanol–water partition coefficient (Wildman–Crippen LogP) is 7.32. The number of fused-ring (bicyclic) bond motifs is 1. The van der Waals surface area contributed by atoms with Gasteiger partial charge < -0.3 is 15.5 Å². The smallest absolute Gasteiger partial charge is 0.435 e. The average molecular weight is 525 g/mol. The highest BCUT2D eigenvalue weighted by Crippen LogP contribution is 2.36. The third-order valence-electron chi connectivity index (χ3n) is 5.92. The molecule has 2 aromatic heterocycles. The minimum atomic E-state index is -4.62. The zero-order valence-electron chi connectivity index (χ0n) is 22.2. The zero-order valence-corrected chi connectivity index (χ0v) is 22.2. The van der Waals surface area contributed by atoms with Crippen molar-refractivity contribution in [1.29, 1.82) is 0 Å². The number of nitrogen functional groups attached to an aromatic ring is 1. The highest BCUT2D eigenvalue weighted by atomic mass is 19.4. The number of aryl methyl sites for hydroxylation is 1. The third kappa shape index (κ3) is 5.72. The van der Waals surface area contributed by atoms with E-state index in [0.717, 1.165) is 11.8 Å². The van der Waals surface area contributed by atoms with Crippen LogP contribution < -0.4 is 16.5 Å². The molecular weight excluding hydrogens is 493 g/mol. The molecule has 0 aliphatic rings. The topological polar surface area (TPSA) is 93.5 Å². The fourth-order valence-corrected chi connectivity index (χ4v) is 4.19. The minimum Gasteiger partial charge on any atom is -0.455 e. The summed E-state index contributed by atoms with van der Waals surface area (Å²) in [4.78, 5) is 20.9. The van der Waals surface area contributed by atoms with E-state index in [-0.39, 0.29) is 11.1 Å². The number of rotatable bonds is 5. The van der Waals surface area contributed by atoms with Crippen LogP contribution in [0.4, 0.5) is 24.5 Å². The molecule has 3 N–H and O–H groups in total. The molecule has 2 aromatic carbocycles. The number of hydrogen-bond acceptors (Lipinski definition) is 6. The second-order valence-electron chi connectivity index (χ2n) is 8.61. The number of alkyl halides is 3. The lowest BCUT2D eigenvalue weighted by atomic mass is 9.98. The quantitative estimate of drug-likeness (QED) is 0.211. The van der Waals surface area contributed by atoms with Gasteiger partial charge in [0.05, 0.1) is 17.1 Å². The normalized spacial score (nSPS) is 12.3. The van der Waals surface area contributed by atoms with E-state index in [1.54, 1.807) is 57.4 Å². The Balaban J connectivity index is 0.00000195. The molecule has 200 valence electrons. The Bertz CT molecular complexity index is 1540. The Hall–Kier alpha value is -4.14. The summed E-state index contributed by atoms with van der Waals surface area (Å²) < 4.78 is 46.8. The van der Waals surface area contributed by atoms with Crippen LogP contribution in [0.25, 0.3) is 22.3 Å². The first-order valence-corrected chi connectivity index (χ1v) is 12.2. The molecule has 4 aromatic rings. The molecule has 0 aliphatic carbocycles. The lowest BCUT2D eigenvalue weighted by molar-refractivity contribution is -0.140. The minimum absolute atomic E-state index is 0.163. The number of halogens is 3. The van der Waals surface area contributed by atoms with Gasteiger partial charge >= 0.3 is 6.18 Å². The summed E-state index contributed by atoms with van der Waals surface area (Å²) in [5.41, 5.74) is 8.50. The molecule has 0 bridgehead atoms. The van der Waals surface area contributed by atoms with Gasteiger partial charge in [-0.3, -0.25) is 9.79 Å². The monoisotopic (exact) mass is 524 g/mol. The fourth-order valence-electron chi connectivity index (χ4n) is 4.19. The molecule has 38 heavy (non-hydrogen) atoms. The van der Waals surface area contributed by atoms with E-state index in [2.05, 4.69) is 15.3 Å². The number of pyridine rings is 1. The van der Waals surface area contributed by atoms with Crippen LogP contribution in [0.5, 0.6) is 0 Å². The average Bonchev–Trinajstić information content (AvgIpc) is 2.88. The lowest BCUT2D eigenvalue weighted by Gasteiger charge is -2.21. The maximum absolute atomic E-state index is 13.5. The largest absolute Gasteiger partial charge is 0.455 e. The van der Waals surface area contributed by atoms with Gasteiger partial charge in [-0.05, 0) is 62.7 Å². The maximum atomic E-state index is 13.5. The molecule has 4 rings (SSSR count). The van der Waals surface area contributed by atoms with Crippen molar-refractivity contribution < 1.29 is 17.6 Å². The first-order chi connectivity index (χ1) is 18.0. The van der Waals surface area contributed by atoms with E-state index in [1.807, 2.05) is 20.8 Å². The number of benzene rings is 2. The number of nitrogens with one attached hydrogen (secondary N) is 1. The molecule has 0 amide bonds. The fraction of sp³-hybridized carbons (Fsp3) is 0.276. The van der Waals surface area contributed by atoms with Gasteiger partial charge in [0.2, 0.25) is 0 Å². The molecule has 1 unspecified atom stereocenters. The summed E-state index contributed by atoms with van der Waals surface area (Å²) in [7, 11) is 1.63. The Kier molecular flexibility index (Phi) is 8.60. The van der Waals surface area contributed by atoms with Crippen LogP contribution in [0, 0.1) is 13.8 Å². The van der Waals surface area contributed by atoms with Crippen LogP contribution in [-0.2, 0) is 6.18 Å². The molecule has 2 heterocycles. The second-order valence-corrected chi connectivity index (χ2v) is 8.61. The summed E-state index contributed by atoms with van der Waals surface area (Å²) in [6.45, 7) is 9.21. The van der Waals surface area contributed by atoms with E-state index in [1.165, 1.54) is 12.1 Å². The number of aliphatic imine (C=N–C) groups is 1. The number of aromatic nitrogens is 1. The molecule has 0 spiro atoms. The van der Waals surface area contributed by atoms with Gasteiger partial charge in [0.15, 0.2) is 11.1 Å². The van der Waals surface area contributed by atoms with Gasteiger partial charge in [0.25, 0.3) is 0 Å². The highest BCUT2D eigenvalue weighted by Gasteiger charge is 2.35. The predicted molar refractivity (Wildman–Crippen MR) is 148 cm³/mol. The molecular formula is C29H31F3N4O2. The molecule has 0 fully saturated rings. The highest BCUT2D eigenvalue weighted by molar-refractivity contribution is 5.90. The van der Waals surface area contributed by atoms with Crippen molar-refractivity contribution in [2.75, 3.05) is 18.1 Å². The van der Waals surface area contributed by atoms with E-state index in [0.29, 0.717) is 44.7 Å². The Morgan fingerprint density at radius 3 is 2.50 bits per heavy atom. The van der Waals surface area contributed by atoms with Crippen molar-refractivity contribution in [3.63, 3.8) is 0 Å². The summed E-state index contributed by atoms with van der Waals surface area (Å²) in [5, 5.41) is 3.26. The van der Waals surface area contributed by atoms with Crippen LogP contribution in [-0.4, -0.2) is 18.2 Å². The molecule has 0 saturated heterocycles. The van der Waals surface area contributed by atoms with Crippen LogP contribution >= 0.6 is 0 Å². The maximum Gasteiger partial charge on any atom is 0.435 e. The lowest BCUT2D eigenvalue weighted by Crippen LogP contribution is -2.16. The summed E-state index contributed by atoms with van der Waals surface area (Å²) in [6.07, 6.45) is -1.91. The first kappa shape index (κ1) is 28.4. The van der Waals surface area contributed by atoms with E-state index in [9.17, 15) is 18.0 Å². The standard InChI is InChI=1S/C27H25F3N4O2.C2H6/c1-14-10-19(16(3)34-22-6-5-9-33-26(22)27(28,29)30)25-20(11-14)23(35)15(2)24(36-25)17-7-8-21(31)18(12-17)13-32-4;1-2/h5-13,16,34H,31H2,1-4H3;1-2H3. The zero-order chi connectivity index (χ0) is 28.2. The summed E-state index contributed by atoms with van der Waals surface area (Å²) >= 11 is 0. The van der Waals surface area contributed by atoms with Crippen LogP contribution in [0.15, 0.2) is 62.9 Å². The van der Waals surface area contributed by atoms with Gasteiger partial charge in [-0.2, -0.15) is 13.2 Å². The van der Waals surface area contributed by atoms with Gasteiger partial charge in [-0.1, -0.05) is 19.9 Å². The van der Waals surface area contributed by atoms with Crippen molar-refractivity contribution >= 4 is 28.6 Å². The second kappa shape index (κ2) is 11.5. The number of nitrogens with two attached hydrogens (primary N) is 1. The van der Waals surface area contributed by atoms with Crippen molar-refractivity contribution in [2.24, 2.45) is 4.99 Å². The van der Waals surface area contributed by atoms with Crippen LogP contribution in [0.1, 0.15) is 54.8 Å². The Labute approximate surface area is 219 Å². The van der Waals surface area contributed by atoms with Crippen LogP contribution in [0.2, 0.25) is 0 Å². The molecule has 0 aliphatic heterocycles. The van der Waals surface area contributed by atoms with Gasteiger partial charge in [0, 0.05) is 47.4 Å². The van der Waals surface area contributed by atoms with Gasteiger partial charge in [0.1, 0.15) is 11.3 Å². The molecule has 0 saturated carbocycles. The Morgan fingerprint density at radius 2 is 1.84 bits per heavy atom. The van der Waals surface area contributed by atoms with Gasteiger partial charge in [-0.15, -0.1) is 0 Å². The Morgan fingerprint density at radius 1 is 1.13 bits per heavy atom. The van der Waals surface area contributed by atoms with Crippen molar-refractivity contribution in [1.82, 2.24) is 4.98 Å². The molecule has 0 radical (unpaired) electrons. The van der Waals surface area contributed by atoms with E-state index < -0.39 is 17.9 Å². The number of hydrogen-bond donors (Lipinski definition) is 2. The van der Waals surface area contributed by atoms with E-state index in [4.69, 9.17) is 10.2 Å². The van der Waals surface area contributed by atoms with E-state index >= 15 is 0 Å². The van der Waals surface area contributed by atoms with Gasteiger partial charge in [-0.25, -0.2) is 4.98 Å². The van der Waals surface area contributed by atoms with Crippen molar-refractivity contribution in [3.8, 4) is 11.3 Å². The number of nitrogens with zero attached hydrogens (tertiary/aromatic N) is 2. The number of anilines is 2. The molecule has 1 atom stereocenters. The van der Waals surface area contributed by atoms with Crippen molar-refractivity contribution in [3.05, 3.63) is 86.8 Å². The summed E-state index contributed by atoms with van der Waals surface area (Å²) in [5.74, 6) is 0.355. The van der Waals surface area contributed by atoms with Crippen LogP contribution in [0.3, 0.4) is 0 Å². The summed E-state index contributed by atoms with van der Waals surface area (Å²) in [6, 6.07) is 10.9.